The van der Waals surface area contributed by atoms with E-state index in [0.717, 1.165) is 37.1 Å². The minimum atomic E-state index is -0.561. The van der Waals surface area contributed by atoms with Crippen LogP contribution >= 0.6 is 23.2 Å². The average Bonchev–Trinajstić information content (AvgIpc) is 3.28. The van der Waals surface area contributed by atoms with Crippen LogP contribution in [0.15, 0.2) is 42.5 Å². The van der Waals surface area contributed by atoms with Gasteiger partial charge in [-0.25, -0.2) is 4.39 Å². The lowest BCUT2D eigenvalue weighted by atomic mass is 9.76. The molecule has 1 heterocycles. The summed E-state index contributed by atoms with van der Waals surface area (Å²) in [6.07, 6.45) is 6.53. The van der Waals surface area contributed by atoms with Crippen molar-refractivity contribution >= 4 is 29.1 Å². The number of ether oxygens (including phenoxy) is 1. The molecule has 4 aliphatic rings. The highest BCUT2D eigenvalue weighted by atomic mass is 35.5. The Bertz CT molecular complexity index is 1010. The first-order valence-corrected chi connectivity index (χ1v) is 12.3. The van der Waals surface area contributed by atoms with Gasteiger partial charge >= 0.3 is 0 Å². The van der Waals surface area contributed by atoms with Gasteiger partial charge in [-0.1, -0.05) is 35.3 Å². The molecule has 3 saturated carbocycles. The number of benzene rings is 2. The molecule has 8 heteroatoms. The molecule has 0 radical (unpaired) electrons. The zero-order chi connectivity index (χ0) is 23.0. The van der Waals surface area contributed by atoms with Gasteiger partial charge in [0.15, 0.2) is 6.61 Å². The summed E-state index contributed by atoms with van der Waals surface area (Å²) in [5, 5.41) is 11.5. The number of hydrogen-bond donors (Lipinski definition) is 3. The van der Waals surface area contributed by atoms with Crippen LogP contribution in [0.2, 0.25) is 10.0 Å². The summed E-state index contributed by atoms with van der Waals surface area (Å²) in [5.41, 5.74) is 1.11. The lowest BCUT2D eigenvalue weighted by Crippen LogP contribution is -2.53. The maximum absolute atomic E-state index is 13.5. The second-order valence-electron chi connectivity index (χ2n) is 9.59. The first-order chi connectivity index (χ1) is 15.9. The molecule has 2 aromatic carbocycles. The lowest BCUT2D eigenvalue weighted by Gasteiger charge is -2.39. The minimum absolute atomic E-state index is 0.0302. The highest BCUT2D eigenvalue weighted by Gasteiger charge is 2.57. The third-order valence-electron chi connectivity index (χ3n) is 7.23. The summed E-state index contributed by atoms with van der Waals surface area (Å²) < 4.78 is 19.0. The molecular formula is C25H28Cl2FN3O2. The summed E-state index contributed by atoms with van der Waals surface area (Å²) >= 11 is 11.7. The minimum Gasteiger partial charge on any atom is -0.484 e. The molecule has 2 bridgehead atoms. The summed E-state index contributed by atoms with van der Waals surface area (Å²) in [6.45, 7) is -0.140. The van der Waals surface area contributed by atoms with Crippen LogP contribution in [0.25, 0.3) is 0 Å². The Hall–Kier alpha value is -1.86. The molecule has 0 aromatic heterocycles. The Morgan fingerprint density at radius 1 is 1.12 bits per heavy atom. The Balaban J connectivity index is 1.10. The van der Waals surface area contributed by atoms with Gasteiger partial charge in [-0.15, -0.1) is 0 Å². The topological polar surface area (TPSA) is 62.4 Å². The van der Waals surface area contributed by atoms with Crippen molar-refractivity contribution in [3.8, 4) is 5.75 Å². The smallest absolute Gasteiger partial charge is 0.258 e. The molecule has 5 nitrogen and oxygen atoms in total. The largest absolute Gasteiger partial charge is 0.484 e. The fourth-order valence-electron chi connectivity index (χ4n) is 5.66. The monoisotopic (exact) mass is 491 g/mol. The maximum atomic E-state index is 13.5. The Morgan fingerprint density at radius 3 is 2.67 bits per heavy atom. The number of amides is 1. The van der Waals surface area contributed by atoms with Crippen LogP contribution in [0, 0.1) is 11.7 Å². The first-order valence-electron chi connectivity index (χ1n) is 11.6. The number of halogens is 3. The van der Waals surface area contributed by atoms with Crippen molar-refractivity contribution < 1.29 is 13.9 Å². The fourth-order valence-corrected chi connectivity index (χ4v) is 5.91. The number of hydrogen-bond acceptors (Lipinski definition) is 4. The van der Waals surface area contributed by atoms with Crippen LogP contribution in [0.4, 0.5) is 4.39 Å². The van der Waals surface area contributed by atoms with Crippen LogP contribution < -0.4 is 20.7 Å². The zero-order valence-corrected chi connectivity index (χ0v) is 19.8. The van der Waals surface area contributed by atoms with Crippen LogP contribution in [-0.4, -0.2) is 30.3 Å². The van der Waals surface area contributed by atoms with Gasteiger partial charge in [0, 0.05) is 28.7 Å². The van der Waals surface area contributed by atoms with Gasteiger partial charge < -0.3 is 10.1 Å². The molecule has 1 amide bonds. The quantitative estimate of drug-likeness (QED) is 0.511. The van der Waals surface area contributed by atoms with E-state index >= 15 is 0 Å². The number of rotatable bonds is 7. The van der Waals surface area contributed by atoms with Crippen molar-refractivity contribution in [2.45, 2.75) is 62.3 Å². The molecule has 2 unspecified atom stereocenters. The van der Waals surface area contributed by atoms with E-state index in [1.54, 1.807) is 6.07 Å². The van der Waals surface area contributed by atoms with Crippen molar-refractivity contribution in [3.63, 3.8) is 0 Å². The van der Waals surface area contributed by atoms with Gasteiger partial charge in [0.2, 0.25) is 0 Å². The summed E-state index contributed by atoms with van der Waals surface area (Å²) in [5.74, 6) is 0.132. The SMILES string of the molecule is O=C(COc1ccc(Cl)c(F)c1)NC12CC(C1)[C@@H](NC1CCCC(c3ccc(Cl)cc3)N1)C2. The van der Waals surface area contributed by atoms with Gasteiger partial charge in [0.25, 0.3) is 5.91 Å². The van der Waals surface area contributed by atoms with E-state index in [0.29, 0.717) is 23.8 Å². The lowest BCUT2D eigenvalue weighted by molar-refractivity contribution is -0.125. The summed E-state index contributed by atoms with van der Waals surface area (Å²) in [6, 6.07) is 13.0. The normalized spacial score (nSPS) is 30.5. The molecule has 2 aromatic rings. The van der Waals surface area contributed by atoms with E-state index in [9.17, 15) is 9.18 Å². The van der Waals surface area contributed by atoms with Crippen LogP contribution in [0.3, 0.4) is 0 Å². The van der Waals surface area contributed by atoms with E-state index in [2.05, 4.69) is 28.1 Å². The van der Waals surface area contributed by atoms with E-state index in [1.807, 2.05) is 12.1 Å². The van der Waals surface area contributed by atoms with Gasteiger partial charge in [0.05, 0.1) is 11.2 Å². The number of piperidine rings is 1. The number of carbonyl (C=O) groups is 1. The van der Waals surface area contributed by atoms with E-state index < -0.39 is 5.82 Å². The highest BCUT2D eigenvalue weighted by Crippen LogP contribution is 2.52. The molecule has 4 fully saturated rings. The van der Waals surface area contributed by atoms with Gasteiger partial charge in [-0.05, 0) is 74.3 Å². The molecule has 3 atom stereocenters. The molecule has 176 valence electrons. The number of carbonyl (C=O) groups excluding carboxylic acids is 1. The van der Waals surface area contributed by atoms with Crippen LogP contribution in [0.1, 0.15) is 50.1 Å². The standard InChI is InChI=1S/C25H28Cl2FN3O2/c26-17-6-4-15(5-7-17)21-2-1-3-23(29-21)30-22-13-25(11-16(22)12-25)31-24(32)14-33-18-8-9-19(27)20(28)10-18/h4-10,16,21-23,29-30H,1-3,11-14H2,(H,31,32)/t16?,21?,22-,23?,25?/m0/s1. The van der Waals surface area contributed by atoms with Crippen molar-refractivity contribution in [1.82, 2.24) is 16.0 Å². The maximum Gasteiger partial charge on any atom is 0.258 e. The molecular weight excluding hydrogens is 464 g/mol. The molecule has 6 rings (SSSR count). The van der Waals surface area contributed by atoms with Crippen molar-refractivity contribution in [3.05, 3.63) is 63.9 Å². The Labute approximate surface area is 203 Å². The van der Waals surface area contributed by atoms with Crippen molar-refractivity contribution in [2.24, 2.45) is 5.92 Å². The molecule has 33 heavy (non-hydrogen) atoms. The van der Waals surface area contributed by atoms with E-state index in [4.69, 9.17) is 27.9 Å². The summed E-state index contributed by atoms with van der Waals surface area (Å²) in [7, 11) is 0. The van der Waals surface area contributed by atoms with Gasteiger partial charge in [0.1, 0.15) is 11.6 Å². The fraction of sp³-hybridized carbons (Fsp3) is 0.480. The van der Waals surface area contributed by atoms with Gasteiger partial charge in [-0.3, -0.25) is 15.4 Å². The number of nitrogens with one attached hydrogen (secondary N) is 3. The highest BCUT2D eigenvalue weighted by molar-refractivity contribution is 6.30. The molecule has 1 saturated heterocycles. The molecule has 0 spiro atoms. The Morgan fingerprint density at radius 2 is 1.91 bits per heavy atom. The van der Waals surface area contributed by atoms with Gasteiger partial charge in [-0.2, -0.15) is 0 Å². The molecule has 3 aliphatic carbocycles. The predicted molar refractivity (Wildman–Crippen MR) is 127 cm³/mol. The molecule has 1 aliphatic heterocycles. The molecule has 3 N–H and O–H groups in total. The van der Waals surface area contributed by atoms with Crippen molar-refractivity contribution in [1.29, 1.82) is 0 Å². The van der Waals surface area contributed by atoms with Crippen LogP contribution in [0.5, 0.6) is 5.75 Å². The summed E-state index contributed by atoms with van der Waals surface area (Å²) in [4.78, 5) is 12.5. The average molecular weight is 492 g/mol. The second kappa shape index (κ2) is 9.41. The van der Waals surface area contributed by atoms with E-state index in [-0.39, 0.29) is 29.2 Å². The zero-order valence-electron chi connectivity index (χ0n) is 18.3. The predicted octanol–water partition coefficient (Wildman–Crippen LogP) is 4.98. The van der Waals surface area contributed by atoms with Crippen LogP contribution in [-0.2, 0) is 4.79 Å². The number of fused-ring (bicyclic) bond motifs is 1. The third kappa shape index (κ3) is 5.14. The Kier molecular flexibility index (Phi) is 6.54. The second-order valence-corrected chi connectivity index (χ2v) is 10.4. The first kappa shape index (κ1) is 22.9. The van der Waals surface area contributed by atoms with E-state index in [1.165, 1.54) is 24.1 Å². The third-order valence-corrected chi connectivity index (χ3v) is 7.79. The van der Waals surface area contributed by atoms with Crippen molar-refractivity contribution in [2.75, 3.05) is 6.61 Å².